The number of amides is 2. The number of carbonyl (C=O) groups is 2. The highest BCUT2D eigenvalue weighted by molar-refractivity contribution is 6.04. The summed E-state index contributed by atoms with van der Waals surface area (Å²) in [7, 11) is 0. The van der Waals surface area contributed by atoms with E-state index in [0.717, 1.165) is 0 Å². The van der Waals surface area contributed by atoms with Gasteiger partial charge in [0.1, 0.15) is 0 Å². The second kappa shape index (κ2) is 3.88. The Morgan fingerprint density at radius 1 is 1.55 bits per heavy atom. The van der Waals surface area contributed by atoms with Crippen LogP contribution in [-0.4, -0.2) is 17.9 Å². The maximum Gasteiger partial charge on any atom is 0.252 e. The molecule has 0 bridgehead atoms. The van der Waals surface area contributed by atoms with Crippen molar-refractivity contribution < 1.29 is 9.59 Å². The Bertz CT molecular complexity index is 197. The minimum absolute atomic E-state index is 0.291. The van der Waals surface area contributed by atoms with Gasteiger partial charge in [0.25, 0.3) is 5.91 Å². The molecule has 0 heterocycles. The molecule has 4 nitrogen and oxygen atoms in total. The zero-order valence-corrected chi connectivity index (χ0v) is 6.68. The third-order valence-corrected chi connectivity index (χ3v) is 1.04. The summed E-state index contributed by atoms with van der Waals surface area (Å²) in [6, 6.07) is -0.668. The van der Waals surface area contributed by atoms with Gasteiger partial charge in [0.05, 0.1) is 6.04 Å². The smallest absolute Gasteiger partial charge is 0.252 e. The summed E-state index contributed by atoms with van der Waals surface area (Å²) in [5, 5.41) is 2.08. The topological polar surface area (TPSA) is 72.2 Å². The summed E-state index contributed by atoms with van der Waals surface area (Å²) in [4.78, 5) is 21.5. The number of rotatable bonds is 2. The van der Waals surface area contributed by atoms with Gasteiger partial charge in [-0.05, 0) is 13.8 Å². The number of hydrogen-bond acceptors (Lipinski definition) is 3. The lowest BCUT2D eigenvalue weighted by Gasteiger charge is -2.04. The van der Waals surface area contributed by atoms with Crippen LogP contribution in [0.3, 0.4) is 0 Å². The molecule has 11 heavy (non-hydrogen) atoms. The summed E-state index contributed by atoms with van der Waals surface area (Å²) in [6.07, 6.45) is 0. The first-order valence-electron chi connectivity index (χ1n) is 3.21. The lowest BCUT2D eigenvalue weighted by atomic mass is 10.3. The molecule has 0 aliphatic carbocycles. The van der Waals surface area contributed by atoms with Crippen molar-refractivity contribution in [1.82, 2.24) is 5.32 Å². The zero-order chi connectivity index (χ0) is 9.02. The average molecular weight is 156 g/mol. The van der Waals surface area contributed by atoms with Crippen LogP contribution in [0, 0.1) is 0 Å². The lowest BCUT2D eigenvalue weighted by Crippen LogP contribution is -2.41. The fourth-order valence-electron chi connectivity index (χ4n) is 0.332. The van der Waals surface area contributed by atoms with Crippen LogP contribution in [0.2, 0.25) is 0 Å². The van der Waals surface area contributed by atoms with Gasteiger partial charge in [-0.3, -0.25) is 14.9 Å². The van der Waals surface area contributed by atoms with E-state index in [1.165, 1.54) is 13.8 Å². The van der Waals surface area contributed by atoms with Crippen molar-refractivity contribution >= 4 is 11.8 Å². The normalized spacial score (nSPS) is 11.9. The van der Waals surface area contributed by atoms with Crippen LogP contribution in [0.15, 0.2) is 12.2 Å². The fraction of sp³-hybridized carbons (Fsp3) is 0.429. The molecule has 4 heteroatoms. The number of nitrogens with two attached hydrogens (primary N) is 1. The molecule has 0 aliphatic heterocycles. The van der Waals surface area contributed by atoms with Gasteiger partial charge >= 0.3 is 0 Å². The molecule has 0 aliphatic rings. The average Bonchev–Trinajstić information content (AvgIpc) is 1.87. The largest absolute Gasteiger partial charge is 0.320 e. The number of imide groups is 1. The van der Waals surface area contributed by atoms with Crippen LogP contribution in [0.5, 0.6) is 0 Å². The summed E-state index contributed by atoms with van der Waals surface area (Å²) < 4.78 is 0. The van der Waals surface area contributed by atoms with Crippen molar-refractivity contribution in [2.45, 2.75) is 19.9 Å². The van der Waals surface area contributed by atoms with Gasteiger partial charge in [0.2, 0.25) is 5.91 Å². The second-order valence-corrected chi connectivity index (χ2v) is 2.39. The SMILES string of the molecule is C=C(C)C(=O)NC(=O)[C@H](C)N. The highest BCUT2D eigenvalue weighted by Crippen LogP contribution is 1.86. The number of carbonyl (C=O) groups excluding carboxylic acids is 2. The van der Waals surface area contributed by atoms with Crippen molar-refractivity contribution in [3.8, 4) is 0 Å². The Hall–Kier alpha value is -1.16. The second-order valence-electron chi connectivity index (χ2n) is 2.39. The van der Waals surface area contributed by atoms with Crippen molar-refractivity contribution in [2.24, 2.45) is 5.73 Å². The molecule has 0 rings (SSSR count). The maximum atomic E-state index is 10.8. The minimum atomic E-state index is -0.668. The van der Waals surface area contributed by atoms with E-state index in [9.17, 15) is 9.59 Å². The Kier molecular flexibility index (Phi) is 3.47. The van der Waals surface area contributed by atoms with Crippen molar-refractivity contribution in [1.29, 1.82) is 0 Å². The molecule has 0 saturated carbocycles. The van der Waals surface area contributed by atoms with Crippen LogP contribution < -0.4 is 11.1 Å². The van der Waals surface area contributed by atoms with E-state index >= 15 is 0 Å². The molecule has 0 saturated heterocycles. The Morgan fingerprint density at radius 3 is 2.27 bits per heavy atom. The molecule has 0 fully saturated rings. The van der Waals surface area contributed by atoms with Crippen molar-refractivity contribution in [3.05, 3.63) is 12.2 Å². The highest BCUT2D eigenvalue weighted by Gasteiger charge is 2.11. The van der Waals surface area contributed by atoms with Gasteiger partial charge in [-0.2, -0.15) is 0 Å². The molecule has 0 aromatic carbocycles. The third kappa shape index (κ3) is 3.52. The van der Waals surface area contributed by atoms with E-state index in [1.807, 2.05) is 0 Å². The Balaban J connectivity index is 3.96. The van der Waals surface area contributed by atoms with Gasteiger partial charge in [0.15, 0.2) is 0 Å². The van der Waals surface area contributed by atoms with Gasteiger partial charge < -0.3 is 5.73 Å². The number of hydrogen-bond donors (Lipinski definition) is 2. The molecule has 0 spiro atoms. The first-order valence-corrected chi connectivity index (χ1v) is 3.21. The first kappa shape index (κ1) is 9.84. The van der Waals surface area contributed by atoms with E-state index in [-0.39, 0.29) is 0 Å². The third-order valence-electron chi connectivity index (χ3n) is 1.04. The van der Waals surface area contributed by atoms with Crippen LogP contribution in [0.1, 0.15) is 13.8 Å². The molecule has 2 amide bonds. The summed E-state index contributed by atoms with van der Waals surface area (Å²) in [6.45, 7) is 6.38. The Labute approximate surface area is 65.5 Å². The molecule has 0 aromatic heterocycles. The van der Waals surface area contributed by atoms with E-state index in [0.29, 0.717) is 5.57 Å². The van der Waals surface area contributed by atoms with Crippen LogP contribution in [0.25, 0.3) is 0 Å². The lowest BCUT2D eigenvalue weighted by molar-refractivity contribution is -0.129. The Morgan fingerprint density at radius 2 is 2.00 bits per heavy atom. The minimum Gasteiger partial charge on any atom is -0.320 e. The zero-order valence-electron chi connectivity index (χ0n) is 6.68. The molecule has 62 valence electrons. The highest BCUT2D eigenvalue weighted by atomic mass is 16.2. The van der Waals surface area contributed by atoms with E-state index in [1.54, 1.807) is 0 Å². The molecule has 0 radical (unpaired) electrons. The molecule has 0 unspecified atom stereocenters. The maximum absolute atomic E-state index is 10.8. The standard InChI is InChI=1S/C7H12N2O2/c1-4(2)6(10)9-7(11)5(3)8/h5H,1,8H2,2-3H3,(H,9,10,11)/t5-/m0/s1. The molecule has 0 aromatic rings. The van der Waals surface area contributed by atoms with E-state index < -0.39 is 17.9 Å². The van der Waals surface area contributed by atoms with Crippen molar-refractivity contribution in [3.63, 3.8) is 0 Å². The predicted octanol–water partition coefficient (Wildman–Crippen LogP) is -0.447. The molecule has 1 atom stereocenters. The van der Waals surface area contributed by atoms with Crippen LogP contribution >= 0.6 is 0 Å². The van der Waals surface area contributed by atoms with Gasteiger partial charge in [-0.25, -0.2) is 0 Å². The van der Waals surface area contributed by atoms with Crippen molar-refractivity contribution in [2.75, 3.05) is 0 Å². The first-order chi connectivity index (χ1) is 4.95. The van der Waals surface area contributed by atoms with Gasteiger partial charge in [-0.15, -0.1) is 0 Å². The number of nitrogens with one attached hydrogen (secondary N) is 1. The van der Waals surface area contributed by atoms with Crippen LogP contribution in [-0.2, 0) is 9.59 Å². The quantitative estimate of drug-likeness (QED) is 0.532. The summed E-state index contributed by atoms with van der Waals surface area (Å²) >= 11 is 0. The summed E-state index contributed by atoms with van der Waals surface area (Å²) in [5.74, 6) is -0.967. The predicted molar refractivity (Wildman–Crippen MR) is 41.6 cm³/mol. The monoisotopic (exact) mass is 156 g/mol. The van der Waals surface area contributed by atoms with E-state index in [2.05, 4.69) is 11.9 Å². The molecular formula is C7H12N2O2. The van der Waals surface area contributed by atoms with Gasteiger partial charge in [0, 0.05) is 5.57 Å². The fourth-order valence-corrected chi connectivity index (χ4v) is 0.332. The van der Waals surface area contributed by atoms with Crippen LogP contribution in [0.4, 0.5) is 0 Å². The van der Waals surface area contributed by atoms with Gasteiger partial charge in [-0.1, -0.05) is 6.58 Å². The summed E-state index contributed by atoms with van der Waals surface area (Å²) in [5.41, 5.74) is 5.48. The molecule has 3 N–H and O–H groups in total. The molecular weight excluding hydrogens is 144 g/mol. The van der Waals surface area contributed by atoms with E-state index in [4.69, 9.17) is 5.73 Å².